The number of urea groups is 1. The molecule has 218 valence electrons. The number of nitrogens with zero attached hydrogens (tertiary/aromatic N) is 4. The van der Waals surface area contributed by atoms with Gasteiger partial charge < -0.3 is 30.4 Å². The molecule has 2 aromatic carbocycles. The van der Waals surface area contributed by atoms with Crippen LogP contribution in [0.1, 0.15) is 63.5 Å². The molecule has 3 rings (SSSR count). The van der Waals surface area contributed by atoms with Crippen molar-refractivity contribution in [2.75, 3.05) is 13.1 Å². The first-order valence-corrected chi connectivity index (χ1v) is 14.2. The van der Waals surface area contributed by atoms with Crippen LogP contribution in [0.15, 0.2) is 71.0 Å². The van der Waals surface area contributed by atoms with Gasteiger partial charge in [-0.1, -0.05) is 71.0 Å². The molecule has 0 bridgehead atoms. The topological polar surface area (TPSA) is 129 Å². The molecule has 9 nitrogen and oxygen atoms in total. The lowest BCUT2D eigenvalue weighted by Gasteiger charge is -2.35. The van der Waals surface area contributed by atoms with E-state index in [1.807, 2.05) is 60.7 Å². The van der Waals surface area contributed by atoms with Gasteiger partial charge in [0.2, 0.25) is 0 Å². The van der Waals surface area contributed by atoms with Crippen LogP contribution >= 0.6 is 0 Å². The maximum absolute atomic E-state index is 14.3. The predicted molar refractivity (Wildman–Crippen MR) is 156 cm³/mol. The van der Waals surface area contributed by atoms with Gasteiger partial charge in [-0.25, -0.2) is 4.79 Å². The molecule has 0 aliphatic carbocycles. The standard InChI is InChI=1S/C31H44N4O5/c1-23(32-39)13-9-11-19-34-27(21-25-15-5-3-6-16-25)29(36)30(37)28(22-26-17-7-4-8-18-26)35(31(34)38)20-12-10-14-24(2)33-40/h3-8,15-18,27-30,36-37,39-40H,9-14,19-22H2,1-2H3/b32-23-,33-24-/t27-,28-,29+,30+/m1/s1. The maximum atomic E-state index is 14.3. The van der Waals surface area contributed by atoms with Gasteiger partial charge in [0.25, 0.3) is 0 Å². The molecular weight excluding hydrogens is 508 g/mol. The Morgan fingerprint density at radius 3 is 1.40 bits per heavy atom. The number of rotatable bonds is 14. The van der Waals surface area contributed by atoms with E-state index < -0.39 is 24.3 Å². The zero-order valence-electron chi connectivity index (χ0n) is 23.6. The van der Waals surface area contributed by atoms with E-state index in [4.69, 9.17) is 10.4 Å². The lowest BCUT2D eigenvalue weighted by Crippen LogP contribution is -2.51. The van der Waals surface area contributed by atoms with Gasteiger partial charge in [0.15, 0.2) is 0 Å². The van der Waals surface area contributed by atoms with Gasteiger partial charge in [-0.2, -0.15) is 0 Å². The van der Waals surface area contributed by atoms with Crippen molar-refractivity contribution in [3.8, 4) is 0 Å². The fourth-order valence-corrected chi connectivity index (χ4v) is 5.39. The molecule has 2 aromatic rings. The average molecular weight is 553 g/mol. The second-order valence-corrected chi connectivity index (χ2v) is 10.7. The van der Waals surface area contributed by atoms with Crippen molar-refractivity contribution < 1.29 is 25.4 Å². The highest BCUT2D eigenvalue weighted by Crippen LogP contribution is 2.28. The molecule has 1 aliphatic rings. The van der Waals surface area contributed by atoms with Crippen LogP contribution < -0.4 is 0 Å². The molecule has 40 heavy (non-hydrogen) atoms. The minimum Gasteiger partial charge on any atom is -0.411 e. The third-order valence-corrected chi connectivity index (χ3v) is 7.72. The number of oxime groups is 2. The predicted octanol–water partition coefficient (Wildman–Crippen LogP) is 4.71. The van der Waals surface area contributed by atoms with Crippen molar-refractivity contribution in [1.82, 2.24) is 9.80 Å². The van der Waals surface area contributed by atoms with E-state index in [-0.39, 0.29) is 6.03 Å². The molecular formula is C31H44N4O5. The van der Waals surface area contributed by atoms with Crippen molar-refractivity contribution in [2.45, 2.75) is 89.5 Å². The molecule has 1 aliphatic heterocycles. The van der Waals surface area contributed by atoms with Crippen molar-refractivity contribution in [3.05, 3.63) is 71.8 Å². The Hall–Kier alpha value is -3.43. The molecule has 4 N–H and O–H groups in total. The average Bonchev–Trinajstić information content (AvgIpc) is 3.04. The molecule has 0 aromatic heterocycles. The summed E-state index contributed by atoms with van der Waals surface area (Å²) in [5.41, 5.74) is 3.22. The summed E-state index contributed by atoms with van der Waals surface area (Å²) < 4.78 is 0. The summed E-state index contributed by atoms with van der Waals surface area (Å²) in [4.78, 5) is 17.8. The Balaban J connectivity index is 1.92. The summed E-state index contributed by atoms with van der Waals surface area (Å²) in [6, 6.07) is 18.0. The number of carbonyl (C=O) groups is 1. The number of hydrogen-bond donors (Lipinski definition) is 4. The van der Waals surface area contributed by atoms with E-state index in [9.17, 15) is 15.0 Å². The molecule has 1 fully saturated rings. The van der Waals surface area contributed by atoms with Gasteiger partial charge in [-0.3, -0.25) is 0 Å². The first-order valence-electron chi connectivity index (χ1n) is 14.2. The van der Waals surface area contributed by atoms with Crippen molar-refractivity contribution in [3.63, 3.8) is 0 Å². The van der Waals surface area contributed by atoms with Gasteiger partial charge in [0.05, 0.1) is 23.5 Å². The normalized spacial score (nSPS) is 22.4. The number of unbranched alkanes of at least 4 members (excludes halogenated alkanes) is 2. The number of benzene rings is 2. The second-order valence-electron chi connectivity index (χ2n) is 10.7. The third kappa shape index (κ3) is 8.79. The van der Waals surface area contributed by atoms with Crippen molar-refractivity contribution >= 4 is 17.5 Å². The Kier molecular flexibility index (Phi) is 12.4. The molecule has 9 heteroatoms. The highest BCUT2D eigenvalue weighted by molar-refractivity contribution is 5.81. The minimum atomic E-state index is -1.15. The Morgan fingerprint density at radius 1 is 0.675 bits per heavy atom. The summed E-state index contributed by atoms with van der Waals surface area (Å²) >= 11 is 0. The van der Waals surface area contributed by atoms with Crippen LogP contribution in [0.2, 0.25) is 0 Å². The van der Waals surface area contributed by atoms with Crippen LogP contribution in [0.3, 0.4) is 0 Å². The number of amides is 2. The van der Waals surface area contributed by atoms with Gasteiger partial charge in [-0.05, 0) is 76.3 Å². The van der Waals surface area contributed by atoms with Gasteiger partial charge in [0, 0.05) is 13.1 Å². The summed E-state index contributed by atoms with van der Waals surface area (Å²) in [5, 5.41) is 47.8. The minimum absolute atomic E-state index is 0.197. The zero-order valence-corrected chi connectivity index (χ0v) is 23.6. The lowest BCUT2D eigenvalue weighted by atomic mass is 9.91. The van der Waals surface area contributed by atoms with E-state index in [0.717, 1.165) is 24.0 Å². The van der Waals surface area contributed by atoms with E-state index in [1.165, 1.54) is 0 Å². The summed E-state index contributed by atoms with van der Waals surface area (Å²) in [5.74, 6) is 0. The third-order valence-electron chi connectivity index (χ3n) is 7.72. The molecule has 2 amide bonds. The molecule has 0 spiro atoms. The summed E-state index contributed by atoms with van der Waals surface area (Å²) in [6.07, 6.45) is 2.54. The molecule has 4 atom stereocenters. The van der Waals surface area contributed by atoms with Gasteiger partial charge in [-0.15, -0.1) is 0 Å². The highest BCUT2D eigenvalue weighted by Gasteiger charge is 2.45. The Morgan fingerprint density at radius 2 is 1.05 bits per heavy atom. The van der Waals surface area contributed by atoms with E-state index >= 15 is 0 Å². The lowest BCUT2D eigenvalue weighted by molar-refractivity contribution is -0.0396. The van der Waals surface area contributed by atoms with Crippen molar-refractivity contribution in [1.29, 1.82) is 0 Å². The fourth-order valence-electron chi connectivity index (χ4n) is 5.39. The van der Waals surface area contributed by atoms with Crippen LogP contribution in [-0.4, -0.2) is 85.3 Å². The Labute approximate surface area is 237 Å². The summed E-state index contributed by atoms with van der Waals surface area (Å²) in [7, 11) is 0. The van der Waals surface area contributed by atoms with Crippen molar-refractivity contribution in [2.24, 2.45) is 10.3 Å². The van der Waals surface area contributed by atoms with E-state index in [2.05, 4.69) is 10.3 Å². The maximum Gasteiger partial charge on any atom is 0.320 e. The zero-order chi connectivity index (χ0) is 28.9. The number of hydrogen-bond acceptors (Lipinski definition) is 7. The van der Waals surface area contributed by atoms with Gasteiger partial charge in [0.1, 0.15) is 12.2 Å². The molecule has 1 heterocycles. The largest absolute Gasteiger partial charge is 0.411 e. The Bertz CT molecular complexity index is 1010. The van der Waals surface area contributed by atoms with Crippen LogP contribution in [0.5, 0.6) is 0 Å². The fraction of sp³-hybridized carbons (Fsp3) is 0.516. The second kappa shape index (κ2) is 16.0. The molecule has 0 radical (unpaired) electrons. The van der Waals surface area contributed by atoms with Crippen LogP contribution in [0.4, 0.5) is 4.79 Å². The SMILES string of the molecule is C/C(CCCCN1C(=O)N(CCCC/C(C)=N\O)[C@H](Cc2ccccc2)[C@H](O)[C@@H](O)[C@H]1Cc1ccccc1)=N/O. The highest BCUT2D eigenvalue weighted by atomic mass is 16.4. The molecule has 1 saturated heterocycles. The monoisotopic (exact) mass is 552 g/mol. The van der Waals surface area contributed by atoms with E-state index in [1.54, 1.807) is 23.6 Å². The first kappa shape index (κ1) is 31.1. The van der Waals surface area contributed by atoms with Crippen LogP contribution in [0, 0.1) is 0 Å². The van der Waals surface area contributed by atoms with Crippen LogP contribution in [0.25, 0.3) is 0 Å². The first-order chi connectivity index (χ1) is 19.3. The van der Waals surface area contributed by atoms with E-state index in [0.29, 0.717) is 63.0 Å². The van der Waals surface area contributed by atoms with Crippen LogP contribution in [-0.2, 0) is 12.8 Å². The molecule has 0 saturated carbocycles. The number of carbonyl (C=O) groups excluding carboxylic acids is 1. The number of aliphatic hydroxyl groups is 2. The molecule has 0 unspecified atom stereocenters. The number of aliphatic hydroxyl groups excluding tert-OH is 2. The smallest absolute Gasteiger partial charge is 0.320 e. The quantitative estimate of drug-likeness (QED) is 0.117. The summed E-state index contributed by atoms with van der Waals surface area (Å²) in [6.45, 7) is 4.33. The van der Waals surface area contributed by atoms with Gasteiger partial charge >= 0.3 is 6.03 Å².